The summed E-state index contributed by atoms with van der Waals surface area (Å²) in [5.74, 6) is -0.379. The lowest BCUT2D eigenvalue weighted by Gasteiger charge is -2.05. The predicted molar refractivity (Wildman–Crippen MR) is 75.2 cm³/mol. The first-order valence-electron chi connectivity index (χ1n) is 5.92. The minimum absolute atomic E-state index is 0.0253. The molecule has 0 aromatic heterocycles. The number of hydrogen-bond donors (Lipinski definition) is 1. The van der Waals surface area contributed by atoms with Crippen LogP contribution >= 0.6 is 0 Å². The molecule has 1 aromatic rings. The highest BCUT2D eigenvalue weighted by atomic mass is 32.2. The highest BCUT2D eigenvalue weighted by Gasteiger charge is 2.05. The second-order valence-electron chi connectivity index (χ2n) is 3.71. The summed E-state index contributed by atoms with van der Waals surface area (Å²) in [5.41, 5.74) is 1.28. The molecule has 0 aliphatic carbocycles. The monoisotopic (exact) mass is 283 g/mol. The zero-order valence-electron chi connectivity index (χ0n) is 10.9. The summed E-state index contributed by atoms with van der Waals surface area (Å²) in [6.45, 7) is 3.64. The van der Waals surface area contributed by atoms with Crippen LogP contribution in [0.4, 0.5) is 5.69 Å². The fourth-order valence-corrected chi connectivity index (χ4v) is 1.91. The number of carbonyl (C=O) groups excluding carboxylic acids is 1. The molecule has 0 radical (unpaired) electrons. The van der Waals surface area contributed by atoms with Crippen molar-refractivity contribution in [3.63, 3.8) is 0 Å². The third-order valence-electron chi connectivity index (χ3n) is 2.26. The molecule has 104 valence electrons. The Morgan fingerprint density at radius 1 is 1.26 bits per heavy atom. The van der Waals surface area contributed by atoms with E-state index in [-0.39, 0.29) is 5.75 Å². The SMILES string of the molecule is CCOC(=O)/C=C/c1ccc(NS(=O)(=O)CC)cc1. The molecule has 0 aliphatic heterocycles. The number of sulfonamides is 1. The first kappa shape index (κ1) is 15.2. The Labute approximate surface area is 113 Å². The lowest BCUT2D eigenvalue weighted by Crippen LogP contribution is -2.14. The number of carbonyl (C=O) groups is 1. The second-order valence-corrected chi connectivity index (χ2v) is 5.72. The van der Waals surface area contributed by atoms with Gasteiger partial charge in [0.1, 0.15) is 0 Å². The molecule has 1 rings (SSSR count). The van der Waals surface area contributed by atoms with Gasteiger partial charge in [0.25, 0.3) is 0 Å². The third-order valence-corrected chi connectivity index (χ3v) is 3.57. The van der Waals surface area contributed by atoms with Crippen molar-refractivity contribution in [1.82, 2.24) is 0 Å². The molecule has 0 unspecified atom stereocenters. The van der Waals surface area contributed by atoms with E-state index >= 15 is 0 Å². The lowest BCUT2D eigenvalue weighted by molar-refractivity contribution is -0.137. The Kier molecular flexibility index (Phi) is 5.57. The summed E-state index contributed by atoms with van der Waals surface area (Å²) in [5, 5.41) is 0. The average Bonchev–Trinajstić information content (AvgIpc) is 2.38. The van der Waals surface area contributed by atoms with E-state index in [1.165, 1.54) is 6.08 Å². The molecular formula is C13H17NO4S. The van der Waals surface area contributed by atoms with Crippen LogP contribution in [0.25, 0.3) is 6.08 Å². The fraction of sp³-hybridized carbons (Fsp3) is 0.308. The molecule has 19 heavy (non-hydrogen) atoms. The Bertz CT molecular complexity index is 547. The average molecular weight is 283 g/mol. The van der Waals surface area contributed by atoms with Crippen LogP contribution in [0.15, 0.2) is 30.3 Å². The van der Waals surface area contributed by atoms with Crippen molar-refractivity contribution >= 4 is 27.8 Å². The summed E-state index contributed by atoms with van der Waals surface area (Å²) >= 11 is 0. The molecule has 0 amide bonds. The number of rotatable bonds is 6. The largest absolute Gasteiger partial charge is 0.463 e. The molecule has 0 saturated carbocycles. The summed E-state index contributed by atoms with van der Waals surface area (Å²) < 4.78 is 29.9. The molecule has 0 spiro atoms. The van der Waals surface area contributed by atoms with Crippen molar-refractivity contribution in [1.29, 1.82) is 0 Å². The number of esters is 1. The lowest BCUT2D eigenvalue weighted by atomic mass is 10.2. The Hall–Kier alpha value is -1.82. The minimum Gasteiger partial charge on any atom is -0.463 e. The quantitative estimate of drug-likeness (QED) is 0.640. The minimum atomic E-state index is -3.26. The maximum Gasteiger partial charge on any atom is 0.330 e. The molecule has 0 heterocycles. The number of hydrogen-bond acceptors (Lipinski definition) is 4. The van der Waals surface area contributed by atoms with Gasteiger partial charge < -0.3 is 4.74 Å². The van der Waals surface area contributed by atoms with Gasteiger partial charge in [-0.15, -0.1) is 0 Å². The molecule has 0 saturated heterocycles. The summed E-state index contributed by atoms with van der Waals surface area (Å²) in [6.07, 6.45) is 2.94. The predicted octanol–water partition coefficient (Wildman–Crippen LogP) is 2.02. The normalized spacial score (nSPS) is 11.5. The molecule has 0 bridgehead atoms. The summed E-state index contributed by atoms with van der Waals surface area (Å²) in [7, 11) is -3.26. The standard InChI is InChI=1S/C13H17NO4S/c1-3-18-13(15)10-7-11-5-8-12(9-6-11)14-19(16,17)4-2/h5-10,14H,3-4H2,1-2H3/b10-7+. The van der Waals surface area contributed by atoms with E-state index in [4.69, 9.17) is 4.74 Å². The van der Waals surface area contributed by atoms with Crippen LogP contribution in [0, 0.1) is 0 Å². The zero-order valence-corrected chi connectivity index (χ0v) is 11.7. The zero-order chi connectivity index (χ0) is 14.3. The highest BCUT2D eigenvalue weighted by Crippen LogP contribution is 2.12. The molecule has 5 nitrogen and oxygen atoms in total. The van der Waals surface area contributed by atoms with Crippen molar-refractivity contribution in [2.24, 2.45) is 0 Å². The number of anilines is 1. The van der Waals surface area contributed by atoms with E-state index in [0.29, 0.717) is 12.3 Å². The maximum atomic E-state index is 11.4. The van der Waals surface area contributed by atoms with Gasteiger partial charge >= 0.3 is 5.97 Å². The van der Waals surface area contributed by atoms with Gasteiger partial charge in [-0.1, -0.05) is 12.1 Å². The van der Waals surface area contributed by atoms with Crippen molar-refractivity contribution in [3.05, 3.63) is 35.9 Å². The number of nitrogens with one attached hydrogen (secondary N) is 1. The summed E-state index contributed by atoms with van der Waals surface area (Å²) in [4.78, 5) is 11.1. The Balaban J connectivity index is 2.69. The smallest absolute Gasteiger partial charge is 0.330 e. The fourth-order valence-electron chi connectivity index (χ4n) is 1.27. The van der Waals surface area contributed by atoms with E-state index < -0.39 is 16.0 Å². The van der Waals surface area contributed by atoms with Gasteiger partial charge in [-0.05, 0) is 37.6 Å². The van der Waals surface area contributed by atoms with E-state index in [9.17, 15) is 13.2 Å². The van der Waals surface area contributed by atoms with Gasteiger partial charge in [-0.2, -0.15) is 0 Å². The van der Waals surface area contributed by atoms with Gasteiger partial charge in [-0.25, -0.2) is 13.2 Å². The second kappa shape index (κ2) is 6.94. The topological polar surface area (TPSA) is 72.5 Å². The van der Waals surface area contributed by atoms with Crippen molar-refractivity contribution < 1.29 is 17.9 Å². The molecule has 0 aliphatic rings. The maximum absolute atomic E-state index is 11.4. The van der Waals surface area contributed by atoms with E-state index in [2.05, 4.69) is 4.72 Å². The highest BCUT2D eigenvalue weighted by molar-refractivity contribution is 7.92. The van der Waals surface area contributed by atoms with Gasteiger partial charge in [0, 0.05) is 11.8 Å². The van der Waals surface area contributed by atoms with Crippen LogP contribution in [-0.4, -0.2) is 26.7 Å². The Morgan fingerprint density at radius 3 is 2.42 bits per heavy atom. The number of ether oxygens (including phenoxy) is 1. The van der Waals surface area contributed by atoms with Crippen molar-refractivity contribution in [2.75, 3.05) is 17.1 Å². The third kappa shape index (κ3) is 5.56. The van der Waals surface area contributed by atoms with Crippen LogP contribution in [0.1, 0.15) is 19.4 Å². The van der Waals surface area contributed by atoms with E-state index in [1.54, 1.807) is 44.2 Å². The van der Waals surface area contributed by atoms with Crippen LogP contribution in [0.2, 0.25) is 0 Å². The summed E-state index contributed by atoms with van der Waals surface area (Å²) in [6, 6.07) is 6.70. The first-order chi connectivity index (χ1) is 8.96. The molecule has 0 fully saturated rings. The Morgan fingerprint density at radius 2 is 1.89 bits per heavy atom. The number of benzene rings is 1. The van der Waals surface area contributed by atoms with E-state index in [0.717, 1.165) is 5.56 Å². The van der Waals surface area contributed by atoms with Gasteiger partial charge in [0.2, 0.25) is 10.0 Å². The van der Waals surface area contributed by atoms with Crippen molar-refractivity contribution in [3.8, 4) is 0 Å². The molecular weight excluding hydrogens is 266 g/mol. The molecule has 1 aromatic carbocycles. The van der Waals surface area contributed by atoms with Gasteiger partial charge in [-0.3, -0.25) is 4.72 Å². The molecule has 1 N–H and O–H groups in total. The molecule has 0 atom stereocenters. The van der Waals surface area contributed by atoms with Crippen LogP contribution in [0.5, 0.6) is 0 Å². The van der Waals surface area contributed by atoms with Crippen LogP contribution in [-0.2, 0) is 19.6 Å². The van der Waals surface area contributed by atoms with Gasteiger partial charge in [0.05, 0.1) is 12.4 Å². The van der Waals surface area contributed by atoms with Gasteiger partial charge in [0.15, 0.2) is 0 Å². The van der Waals surface area contributed by atoms with Crippen LogP contribution in [0.3, 0.4) is 0 Å². The first-order valence-corrected chi connectivity index (χ1v) is 7.57. The molecule has 6 heteroatoms. The van der Waals surface area contributed by atoms with Crippen molar-refractivity contribution in [2.45, 2.75) is 13.8 Å². The van der Waals surface area contributed by atoms with Crippen LogP contribution < -0.4 is 4.72 Å². The van der Waals surface area contributed by atoms with E-state index in [1.807, 2.05) is 0 Å².